The van der Waals surface area contributed by atoms with Crippen LogP contribution in [0.15, 0.2) is 34.4 Å². The maximum Gasteiger partial charge on any atom is 0.333 e. The summed E-state index contributed by atoms with van der Waals surface area (Å²) in [6.07, 6.45) is 3.25. The van der Waals surface area contributed by atoms with Gasteiger partial charge in [-0.15, -0.1) is 0 Å². The van der Waals surface area contributed by atoms with Crippen molar-refractivity contribution < 1.29 is 42.8 Å². The lowest BCUT2D eigenvalue weighted by molar-refractivity contribution is -0.251. The molecular weight excluding hydrogens is 552 g/mol. The molecule has 0 aromatic heterocycles. The van der Waals surface area contributed by atoms with E-state index in [2.05, 4.69) is 33.8 Å². The van der Waals surface area contributed by atoms with Gasteiger partial charge < -0.3 is 28.4 Å². The standard InChI is InChI=1S/C34H46O9/c1-9-17(2)31(37)43-25-14-24(41-19(4)35)32(5)16-40-28-29(32)33(25,6)23(13-26(36)38-8)34(7)27-18(3)21(20-10-11-39-15-20)12-22(27)42-30(28)34/h9-10,21-25,28-30H,11-16H2,1-8H3/b17-9+/t21-,22-,23+,24-,25+,28-,29+,30-,32-,33+,34-/m1/s1. The van der Waals surface area contributed by atoms with E-state index >= 15 is 0 Å². The zero-order chi connectivity index (χ0) is 31.1. The molecule has 43 heavy (non-hydrogen) atoms. The fourth-order valence-corrected chi connectivity index (χ4v) is 10.2. The van der Waals surface area contributed by atoms with Gasteiger partial charge in [0, 0.05) is 53.4 Å². The zero-order valence-corrected chi connectivity index (χ0v) is 26.7. The Balaban J connectivity index is 1.54. The molecule has 2 saturated heterocycles. The zero-order valence-electron chi connectivity index (χ0n) is 26.7. The molecule has 9 heteroatoms. The quantitative estimate of drug-likeness (QED) is 0.189. The van der Waals surface area contributed by atoms with E-state index in [1.165, 1.54) is 30.8 Å². The molecule has 0 unspecified atom stereocenters. The van der Waals surface area contributed by atoms with Crippen LogP contribution in [0.2, 0.25) is 0 Å². The van der Waals surface area contributed by atoms with Gasteiger partial charge in [0.2, 0.25) is 0 Å². The number of carbonyl (C=O) groups excluding carboxylic acids is 3. The normalized spacial score (nSPS) is 44.8. The minimum absolute atomic E-state index is 0.114. The maximum absolute atomic E-state index is 13.4. The van der Waals surface area contributed by atoms with Gasteiger partial charge in [-0.05, 0) is 44.3 Å². The minimum Gasteiger partial charge on any atom is -0.469 e. The second-order valence-corrected chi connectivity index (χ2v) is 14.2. The lowest BCUT2D eigenvalue weighted by Gasteiger charge is -2.65. The van der Waals surface area contributed by atoms with E-state index in [4.69, 9.17) is 28.4 Å². The molecule has 3 aliphatic carbocycles. The summed E-state index contributed by atoms with van der Waals surface area (Å²) < 4.78 is 37.1. The van der Waals surface area contributed by atoms with Gasteiger partial charge in [0.1, 0.15) is 12.2 Å². The summed E-state index contributed by atoms with van der Waals surface area (Å²) in [5.74, 6) is -1.40. The molecule has 0 amide bonds. The van der Waals surface area contributed by atoms with Crippen molar-refractivity contribution in [1.82, 2.24) is 0 Å². The van der Waals surface area contributed by atoms with Gasteiger partial charge in [0.25, 0.3) is 0 Å². The first kappa shape index (κ1) is 30.5. The van der Waals surface area contributed by atoms with Crippen LogP contribution in [0.1, 0.15) is 67.7 Å². The Morgan fingerprint density at radius 2 is 1.84 bits per heavy atom. The summed E-state index contributed by atoms with van der Waals surface area (Å²) in [6.45, 7) is 15.3. The molecule has 4 fully saturated rings. The molecule has 6 aliphatic rings. The molecule has 3 aliphatic heterocycles. The molecule has 11 atom stereocenters. The molecule has 9 nitrogen and oxygen atoms in total. The molecule has 0 spiro atoms. The van der Waals surface area contributed by atoms with Crippen LogP contribution in [-0.2, 0) is 42.8 Å². The monoisotopic (exact) mass is 598 g/mol. The van der Waals surface area contributed by atoms with Crippen molar-refractivity contribution in [3.05, 3.63) is 34.4 Å². The second-order valence-electron chi connectivity index (χ2n) is 14.2. The van der Waals surface area contributed by atoms with Gasteiger partial charge in [-0.2, -0.15) is 0 Å². The third-order valence-corrected chi connectivity index (χ3v) is 12.2. The summed E-state index contributed by atoms with van der Waals surface area (Å²) >= 11 is 0. The number of methoxy groups -OCH3 is 1. The molecule has 3 heterocycles. The molecule has 0 aromatic rings. The average Bonchev–Trinajstić information content (AvgIpc) is 3.73. The van der Waals surface area contributed by atoms with E-state index in [0.29, 0.717) is 31.8 Å². The van der Waals surface area contributed by atoms with Gasteiger partial charge in [0.05, 0.1) is 45.2 Å². The largest absolute Gasteiger partial charge is 0.469 e. The van der Waals surface area contributed by atoms with Gasteiger partial charge in [0.15, 0.2) is 0 Å². The number of hydrogen-bond donors (Lipinski definition) is 0. The molecule has 0 aromatic carbocycles. The second kappa shape index (κ2) is 10.6. The predicted molar refractivity (Wildman–Crippen MR) is 156 cm³/mol. The first-order valence-corrected chi connectivity index (χ1v) is 15.6. The van der Waals surface area contributed by atoms with Crippen molar-refractivity contribution in [2.24, 2.45) is 34.0 Å². The first-order chi connectivity index (χ1) is 20.3. The minimum atomic E-state index is -0.727. The van der Waals surface area contributed by atoms with Crippen LogP contribution in [0.4, 0.5) is 0 Å². The van der Waals surface area contributed by atoms with Crippen molar-refractivity contribution in [3.63, 3.8) is 0 Å². The van der Waals surface area contributed by atoms with Gasteiger partial charge in [-0.1, -0.05) is 38.5 Å². The Labute approximate surface area is 254 Å². The van der Waals surface area contributed by atoms with Crippen LogP contribution < -0.4 is 0 Å². The molecule has 0 bridgehead atoms. The van der Waals surface area contributed by atoms with Crippen LogP contribution >= 0.6 is 0 Å². The van der Waals surface area contributed by atoms with Gasteiger partial charge in [-0.3, -0.25) is 9.59 Å². The average molecular weight is 599 g/mol. The lowest BCUT2D eigenvalue weighted by Crippen LogP contribution is -2.71. The lowest BCUT2D eigenvalue weighted by atomic mass is 9.40. The molecule has 0 N–H and O–H groups in total. The van der Waals surface area contributed by atoms with Crippen molar-refractivity contribution in [2.45, 2.75) is 98.2 Å². The van der Waals surface area contributed by atoms with Crippen LogP contribution in [0.3, 0.4) is 0 Å². The van der Waals surface area contributed by atoms with E-state index < -0.39 is 34.4 Å². The Hall–Kier alpha value is -2.49. The Kier molecular flexibility index (Phi) is 7.49. The summed E-state index contributed by atoms with van der Waals surface area (Å²) in [4.78, 5) is 39.1. The topological polar surface area (TPSA) is 107 Å². The fraction of sp³-hybridized carbons (Fsp3) is 0.735. The highest BCUT2D eigenvalue weighted by atomic mass is 16.6. The van der Waals surface area contributed by atoms with Crippen LogP contribution in [-0.4, -0.2) is 75.4 Å². The number of ether oxygens (including phenoxy) is 6. The smallest absolute Gasteiger partial charge is 0.333 e. The maximum atomic E-state index is 13.4. The number of rotatable bonds is 6. The number of hydrogen-bond acceptors (Lipinski definition) is 9. The molecule has 2 saturated carbocycles. The fourth-order valence-electron chi connectivity index (χ4n) is 10.2. The van der Waals surface area contributed by atoms with Gasteiger partial charge >= 0.3 is 17.9 Å². The molecule has 0 radical (unpaired) electrons. The van der Waals surface area contributed by atoms with E-state index in [-0.39, 0.29) is 54.4 Å². The van der Waals surface area contributed by atoms with Crippen molar-refractivity contribution >= 4 is 17.9 Å². The number of esters is 3. The van der Waals surface area contributed by atoms with Crippen LogP contribution in [0.25, 0.3) is 0 Å². The highest BCUT2D eigenvalue weighted by Crippen LogP contribution is 2.73. The van der Waals surface area contributed by atoms with Gasteiger partial charge in [-0.25, -0.2) is 4.79 Å². The van der Waals surface area contributed by atoms with E-state index in [0.717, 1.165) is 6.42 Å². The number of allylic oxidation sites excluding steroid dienone is 2. The molecular formula is C34H46O9. The highest BCUT2D eigenvalue weighted by Gasteiger charge is 2.78. The third kappa shape index (κ3) is 4.24. The summed E-state index contributed by atoms with van der Waals surface area (Å²) in [5, 5.41) is 0. The van der Waals surface area contributed by atoms with E-state index in [9.17, 15) is 14.4 Å². The van der Waals surface area contributed by atoms with Crippen molar-refractivity contribution in [1.29, 1.82) is 0 Å². The highest BCUT2D eigenvalue weighted by molar-refractivity contribution is 5.87. The Morgan fingerprint density at radius 3 is 2.47 bits per heavy atom. The number of fused-ring (bicyclic) bond motifs is 4. The summed E-state index contributed by atoms with van der Waals surface area (Å²) in [7, 11) is 1.42. The van der Waals surface area contributed by atoms with E-state index in [1.54, 1.807) is 19.9 Å². The Bertz CT molecular complexity index is 1310. The first-order valence-electron chi connectivity index (χ1n) is 15.6. The van der Waals surface area contributed by atoms with Crippen LogP contribution in [0, 0.1) is 34.0 Å². The third-order valence-electron chi connectivity index (χ3n) is 12.2. The predicted octanol–water partition coefficient (Wildman–Crippen LogP) is 4.49. The molecule has 6 rings (SSSR count). The van der Waals surface area contributed by atoms with E-state index in [1.807, 2.05) is 0 Å². The summed E-state index contributed by atoms with van der Waals surface area (Å²) in [5.41, 5.74) is 2.40. The molecule has 236 valence electrons. The Morgan fingerprint density at radius 1 is 1.09 bits per heavy atom. The summed E-state index contributed by atoms with van der Waals surface area (Å²) in [6, 6.07) is 0. The van der Waals surface area contributed by atoms with Crippen molar-refractivity contribution in [2.75, 3.05) is 26.9 Å². The number of carbonyl (C=O) groups is 3. The van der Waals surface area contributed by atoms with Crippen LogP contribution in [0.5, 0.6) is 0 Å². The van der Waals surface area contributed by atoms with Crippen molar-refractivity contribution in [3.8, 4) is 0 Å². The SMILES string of the molecule is C/C=C(\C)C(=O)O[C@H]1C[C@@H](OC(C)=O)[C@@]2(C)CO[C@H]3[C@H]4O[C@@H]5C[C@@H](C6=CCOC6)C(C)=C5[C@@]4(C)[C@@H](CC(=O)OC)[C@]1(C)[C@@H]32.